The van der Waals surface area contributed by atoms with Crippen LogP contribution in [0.4, 0.5) is 0 Å². The first kappa shape index (κ1) is 12.5. The molecule has 2 unspecified atom stereocenters. The Morgan fingerprint density at radius 3 is 2.47 bits per heavy atom. The second-order valence-electron chi connectivity index (χ2n) is 4.79. The third kappa shape index (κ3) is 2.94. The van der Waals surface area contributed by atoms with E-state index in [-0.39, 0.29) is 5.92 Å². The fourth-order valence-electron chi connectivity index (χ4n) is 2.02. The summed E-state index contributed by atoms with van der Waals surface area (Å²) in [6.45, 7) is 8.36. The van der Waals surface area contributed by atoms with Crippen LogP contribution in [0.1, 0.15) is 33.6 Å². The second kappa shape index (κ2) is 5.50. The normalized spacial score (nSPS) is 20.5. The molecule has 0 aromatic rings. The van der Waals surface area contributed by atoms with E-state index in [1.165, 1.54) is 0 Å². The predicted octanol–water partition coefficient (Wildman–Crippen LogP) is 1.49. The molecule has 0 radical (unpaired) electrons. The Labute approximate surface area is 93.2 Å². The Bertz CT molecular complexity index is 214. The SMILES string of the molecule is CCCC(C)N(C)C(=O)C(C)C1CNC1. The van der Waals surface area contributed by atoms with Crippen LogP contribution in [0.15, 0.2) is 0 Å². The molecular formula is C12H24N2O. The Kier molecular flexibility index (Phi) is 4.58. The summed E-state index contributed by atoms with van der Waals surface area (Å²) in [6.07, 6.45) is 2.23. The first-order valence-corrected chi connectivity index (χ1v) is 6.05. The molecular weight excluding hydrogens is 188 g/mol. The summed E-state index contributed by atoms with van der Waals surface area (Å²) in [7, 11) is 1.94. The molecule has 1 heterocycles. The number of rotatable bonds is 5. The minimum absolute atomic E-state index is 0.176. The van der Waals surface area contributed by atoms with Gasteiger partial charge >= 0.3 is 0 Å². The third-order valence-electron chi connectivity index (χ3n) is 3.62. The van der Waals surface area contributed by atoms with Gasteiger partial charge in [-0.1, -0.05) is 20.3 Å². The van der Waals surface area contributed by atoms with Crippen molar-refractivity contribution in [2.24, 2.45) is 11.8 Å². The largest absolute Gasteiger partial charge is 0.343 e. The summed E-state index contributed by atoms with van der Waals surface area (Å²) >= 11 is 0. The van der Waals surface area contributed by atoms with Crippen LogP contribution in [0.2, 0.25) is 0 Å². The highest BCUT2D eigenvalue weighted by molar-refractivity contribution is 5.79. The van der Waals surface area contributed by atoms with E-state index in [1.807, 2.05) is 11.9 Å². The summed E-state index contributed by atoms with van der Waals surface area (Å²) in [5.74, 6) is 1.03. The average Bonchev–Trinajstić information content (AvgIpc) is 2.13. The van der Waals surface area contributed by atoms with Gasteiger partial charge in [0.2, 0.25) is 5.91 Å². The molecule has 1 fully saturated rings. The highest BCUT2D eigenvalue weighted by Gasteiger charge is 2.31. The lowest BCUT2D eigenvalue weighted by Crippen LogP contribution is -2.51. The van der Waals surface area contributed by atoms with Gasteiger partial charge in [0.25, 0.3) is 0 Å². The number of hydrogen-bond acceptors (Lipinski definition) is 2. The molecule has 0 spiro atoms. The van der Waals surface area contributed by atoms with Crippen molar-refractivity contribution in [2.75, 3.05) is 20.1 Å². The number of hydrogen-bond donors (Lipinski definition) is 1. The van der Waals surface area contributed by atoms with Crippen LogP contribution in [-0.2, 0) is 4.79 Å². The minimum atomic E-state index is 0.176. The van der Waals surface area contributed by atoms with E-state index in [0.717, 1.165) is 25.9 Å². The molecule has 88 valence electrons. The Morgan fingerprint density at radius 2 is 2.07 bits per heavy atom. The summed E-state index contributed by atoms with van der Waals surface area (Å²) in [4.78, 5) is 14.0. The number of nitrogens with zero attached hydrogens (tertiary/aromatic N) is 1. The van der Waals surface area contributed by atoms with E-state index in [2.05, 4.69) is 26.1 Å². The van der Waals surface area contributed by atoms with Crippen LogP contribution in [0.3, 0.4) is 0 Å². The number of amides is 1. The standard InChI is InChI=1S/C12H24N2O/c1-5-6-9(2)14(4)12(15)10(3)11-7-13-8-11/h9-11,13H,5-8H2,1-4H3. The van der Waals surface area contributed by atoms with Crippen LogP contribution in [-0.4, -0.2) is 37.0 Å². The van der Waals surface area contributed by atoms with Crippen molar-refractivity contribution in [3.05, 3.63) is 0 Å². The summed E-state index contributed by atoms with van der Waals surface area (Å²) in [5, 5.41) is 3.22. The van der Waals surface area contributed by atoms with E-state index >= 15 is 0 Å². The lowest BCUT2D eigenvalue weighted by atomic mass is 9.87. The van der Waals surface area contributed by atoms with Crippen LogP contribution in [0.25, 0.3) is 0 Å². The molecule has 0 aliphatic carbocycles. The maximum atomic E-state index is 12.1. The van der Waals surface area contributed by atoms with Crippen molar-refractivity contribution < 1.29 is 4.79 Å². The number of carbonyl (C=O) groups excluding carboxylic acids is 1. The van der Waals surface area contributed by atoms with E-state index in [4.69, 9.17) is 0 Å². The second-order valence-corrected chi connectivity index (χ2v) is 4.79. The first-order chi connectivity index (χ1) is 7.07. The Morgan fingerprint density at radius 1 is 1.47 bits per heavy atom. The van der Waals surface area contributed by atoms with Gasteiger partial charge in [-0.2, -0.15) is 0 Å². The minimum Gasteiger partial charge on any atom is -0.343 e. The number of nitrogens with one attached hydrogen (secondary N) is 1. The smallest absolute Gasteiger partial charge is 0.225 e. The van der Waals surface area contributed by atoms with Gasteiger partial charge in [0, 0.05) is 19.0 Å². The van der Waals surface area contributed by atoms with Gasteiger partial charge in [-0.15, -0.1) is 0 Å². The van der Waals surface area contributed by atoms with Crippen LogP contribution >= 0.6 is 0 Å². The van der Waals surface area contributed by atoms with E-state index in [9.17, 15) is 4.79 Å². The molecule has 0 saturated carbocycles. The van der Waals surface area contributed by atoms with Gasteiger partial charge in [0.05, 0.1) is 0 Å². The highest BCUT2D eigenvalue weighted by Crippen LogP contribution is 2.19. The lowest BCUT2D eigenvalue weighted by Gasteiger charge is -2.35. The van der Waals surface area contributed by atoms with Gasteiger partial charge < -0.3 is 10.2 Å². The van der Waals surface area contributed by atoms with Gasteiger partial charge in [-0.05, 0) is 32.4 Å². The van der Waals surface area contributed by atoms with Gasteiger partial charge in [0.1, 0.15) is 0 Å². The van der Waals surface area contributed by atoms with Crippen molar-refractivity contribution in [2.45, 2.75) is 39.7 Å². The maximum absolute atomic E-state index is 12.1. The van der Waals surface area contributed by atoms with E-state index in [0.29, 0.717) is 17.9 Å². The maximum Gasteiger partial charge on any atom is 0.225 e. The first-order valence-electron chi connectivity index (χ1n) is 6.05. The van der Waals surface area contributed by atoms with Crippen LogP contribution in [0, 0.1) is 11.8 Å². The molecule has 1 rings (SSSR count). The molecule has 0 aromatic carbocycles. The van der Waals surface area contributed by atoms with Crippen LogP contribution < -0.4 is 5.32 Å². The summed E-state index contributed by atoms with van der Waals surface area (Å²) in [5.41, 5.74) is 0. The predicted molar refractivity (Wildman–Crippen MR) is 62.7 cm³/mol. The molecule has 1 N–H and O–H groups in total. The summed E-state index contributed by atoms with van der Waals surface area (Å²) < 4.78 is 0. The van der Waals surface area contributed by atoms with Gasteiger partial charge in [-0.25, -0.2) is 0 Å². The van der Waals surface area contributed by atoms with Crippen molar-refractivity contribution in [3.8, 4) is 0 Å². The Hall–Kier alpha value is -0.570. The molecule has 3 nitrogen and oxygen atoms in total. The molecule has 1 aliphatic rings. The monoisotopic (exact) mass is 212 g/mol. The number of carbonyl (C=O) groups is 1. The van der Waals surface area contributed by atoms with E-state index in [1.54, 1.807) is 0 Å². The van der Waals surface area contributed by atoms with Gasteiger partial charge in [0.15, 0.2) is 0 Å². The van der Waals surface area contributed by atoms with Gasteiger partial charge in [-0.3, -0.25) is 4.79 Å². The van der Waals surface area contributed by atoms with Crippen molar-refractivity contribution >= 4 is 5.91 Å². The molecule has 1 aliphatic heterocycles. The van der Waals surface area contributed by atoms with E-state index < -0.39 is 0 Å². The zero-order chi connectivity index (χ0) is 11.4. The lowest BCUT2D eigenvalue weighted by molar-refractivity contribution is -0.138. The molecule has 3 heteroatoms. The molecule has 2 atom stereocenters. The fraction of sp³-hybridized carbons (Fsp3) is 0.917. The molecule has 15 heavy (non-hydrogen) atoms. The quantitative estimate of drug-likeness (QED) is 0.749. The molecule has 0 bridgehead atoms. The van der Waals surface area contributed by atoms with Crippen molar-refractivity contribution in [1.29, 1.82) is 0 Å². The molecule has 1 saturated heterocycles. The highest BCUT2D eigenvalue weighted by atomic mass is 16.2. The molecule has 0 aromatic heterocycles. The van der Waals surface area contributed by atoms with Crippen molar-refractivity contribution in [3.63, 3.8) is 0 Å². The molecule has 1 amide bonds. The fourth-order valence-corrected chi connectivity index (χ4v) is 2.02. The summed E-state index contributed by atoms with van der Waals surface area (Å²) in [6, 6.07) is 0.373. The zero-order valence-electron chi connectivity index (χ0n) is 10.4. The van der Waals surface area contributed by atoms with Crippen LogP contribution in [0.5, 0.6) is 0 Å². The Balaban J connectivity index is 2.43. The average molecular weight is 212 g/mol. The topological polar surface area (TPSA) is 32.3 Å². The zero-order valence-corrected chi connectivity index (χ0v) is 10.4. The third-order valence-corrected chi connectivity index (χ3v) is 3.62. The van der Waals surface area contributed by atoms with Crippen molar-refractivity contribution in [1.82, 2.24) is 10.2 Å².